The Kier molecular flexibility index (Phi) is 3.95. The normalized spacial score (nSPS) is 12.3. The van der Waals surface area contributed by atoms with Gasteiger partial charge in [0.05, 0.1) is 0 Å². The fourth-order valence-electron chi connectivity index (χ4n) is 1.89. The molecule has 0 amide bonds. The number of pyridine rings is 1. The van der Waals surface area contributed by atoms with E-state index < -0.39 is 0 Å². The number of aromatic nitrogens is 1. The van der Waals surface area contributed by atoms with Crippen LogP contribution in [0.4, 0.5) is 0 Å². The number of hydrogen-bond donors (Lipinski definition) is 2. The maximum absolute atomic E-state index is 9.77. The van der Waals surface area contributed by atoms with Gasteiger partial charge in [-0.25, -0.2) is 0 Å². The Bertz CT molecular complexity index is 511. The van der Waals surface area contributed by atoms with Crippen LogP contribution in [-0.4, -0.2) is 10.1 Å². The first-order valence-electron chi connectivity index (χ1n) is 6.08. The molecule has 1 aromatic heterocycles. The van der Waals surface area contributed by atoms with Gasteiger partial charge in [0.15, 0.2) is 0 Å². The van der Waals surface area contributed by atoms with E-state index in [0.717, 1.165) is 11.1 Å². The van der Waals surface area contributed by atoms with Gasteiger partial charge in [-0.05, 0) is 37.6 Å². The Morgan fingerprint density at radius 1 is 1.22 bits per heavy atom. The summed E-state index contributed by atoms with van der Waals surface area (Å²) in [6.45, 7) is 4.77. The van der Waals surface area contributed by atoms with Crippen LogP contribution in [0.25, 0.3) is 0 Å². The van der Waals surface area contributed by atoms with Gasteiger partial charge in [-0.1, -0.05) is 17.7 Å². The van der Waals surface area contributed by atoms with Gasteiger partial charge >= 0.3 is 0 Å². The average Bonchev–Trinajstić information content (AvgIpc) is 2.40. The Labute approximate surface area is 108 Å². The van der Waals surface area contributed by atoms with Crippen molar-refractivity contribution in [3.8, 4) is 5.75 Å². The van der Waals surface area contributed by atoms with E-state index in [4.69, 9.17) is 0 Å². The molecule has 1 heterocycles. The maximum Gasteiger partial charge on any atom is 0.120 e. The van der Waals surface area contributed by atoms with Gasteiger partial charge in [0.1, 0.15) is 5.75 Å². The largest absolute Gasteiger partial charge is 0.508 e. The number of hydrogen-bond acceptors (Lipinski definition) is 3. The highest BCUT2D eigenvalue weighted by Crippen LogP contribution is 2.19. The molecule has 0 spiro atoms. The van der Waals surface area contributed by atoms with E-state index in [-0.39, 0.29) is 6.04 Å². The Balaban J connectivity index is 2.01. The molecule has 3 nitrogen and oxygen atoms in total. The molecule has 0 saturated carbocycles. The van der Waals surface area contributed by atoms with Crippen LogP contribution in [-0.2, 0) is 6.54 Å². The molecule has 2 N–H and O–H groups in total. The maximum atomic E-state index is 9.77. The minimum Gasteiger partial charge on any atom is -0.508 e. The molecular formula is C15H18N2O. The average molecular weight is 242 g/mol. The summed E-state index contributed by atoms with van der Waals surface area (Å²) >= 11 is 0. The molecule has 94 valence electrons. The predicted molar refractivity (Wildman–Crippen MR) is 72.3 cm³/mol. The molecule has 0 aliphatic rings. The van der Waals surface area contributed by atoms with Crippen LogP contribution in [0.5, 0.6) is 5.75 Å². The monoisotopic (exact) mass is 242 g/mol. The molecule has 0 unspecified atom stereocenters. The summed E-state index contributed by atoms with van der Waals surface area (Å²) in [6.07, 6.45) is 3.58. The predicted octanol–water partition coefficient (Wildman–Crippen LogP) is 2.95. The third-order valence-electron chi connectivity index (χ3n) is 3.04. The molecule has 0 aliphatic heterocycles. The van der Waals surface area contributed by atoms with Gasteiger partial charge in [-0.15, -0.1) is 0 Å². The summed E-state index contributed by atoms with van der Waals surface area (Å²) in [6, 6.07) is 9.87. The topological polar surface area (TPSA) is 45.1 Å². The number of phenolic OH excluding ortho intramolecular Hbond substituents is 1. The smallest absolute Gasteiger partial charge is 0.120 e. The first-order valence-corrected chi connectivity index (χ1v) is 6.08. The van der Waals surface area contributed by atoms with Crippen molar-refractivity contribution in [1.82, 2.24) is 10.3 Å². The molecule has 2 rings (SSSR count). The number of aryl methyl sites for hydroxylation is 1. The second-order valence-corrected chi connectivity index (χ2v) is 4.52. The Morgan fingerprint density at radius 2 is 1.94 bits per heavy atom. The second-order valence-electron chi connectivity index (χ2n) is 4.52. The van der Waals surface area contributed by atoms with Crippen molar-refractivity contribution in [3.63, 3.8) is 0 Å². The molecule has 2 aromatic rings. The molecule has 0 aliphatic carbocycles. The molecule has 0 fully saturated rings. The van der Waals surface area contributed by atoms with Crippen molar-refractivity contribution in [2.45, 2.75) is 26.4 Å². The van der Waals surface area contributed by atoms with Crippen molar-refractivity contribution in [2.75, 3.05) is 0 Å². The molecule has 0 saturated heterocycles. The number of benzene rings is 1. The van der Waals surface area contributed by atoms with E-state index in [2.05, 4.69) is 17.2 Å². The van der Waals surface area contributed by atoms with E-state index in [1.54, 1.807) is 18.5 Å². The van der Waals surface area contributed by atoms with Gasteiger partial charge in [0.2, 0.25) is 0 Å². The summed E-state index contributed by atoms with van der Waals surface area (Å²) < 4.78 is 0. The number of phenols is 1. The lowest BCUT2D eigenvalue weighted by atomic mass is 10.1. The quantitative estimate of drug-likeness (QED) is 0.866. The summed E-state index contributed by atoms with van der Waals surface area (Å²) in [7, 11) is 0. The van der Waals surface area contributed by atoms with Crippen LogP contribution < -0.4 is 5.32 Å². The van der Waals surface area contributed by atoms with Crippen LogP contribution in [0.3, 0.4) is 0 Å². The van der Waals surface area contributed by atoms with Crippen molar-refractivity contribution in [2.24, 2.45) is 0 Å². The zero-order valence-corrected chi connectivity index (χ0v) is 10.7. The number of aromatic hydroxyl groups is 1. The summed E-state index contributed by atoms with van der Waals surface area (Å²) in [5, 5.41) is 13.2. The Morgan fingerprint density at radius 3 is 2.67 bits per heavy atom. The molecular weight excluding hydrogens is 224 g/mol. The minimum absolute atomic E-state index is 0.230. The molecule has 18 heavy (non-hydrogen) atoms. The van der Waals surface area contributed by atoms with Crippen LogP contribution in [0.1, 0.15) is 29.7 Å². The summed E-state index contributed by atoms with van der Waals surface area (Å²) in [5.74, 6) is 0.343. The van der Waals surface area contributed by atoms with Crippen LogP contribution in [0, 0.1) is 6.92 Å². The first-order chi connectivity index (χ1) is 8.66. The highest BCUT2D eigenvalue weighted by atomic mass is 16.3. The van der Waals surface area contributed by atoms with Gasteiger partial charge < -0.3 is 10.4 Å². The van der Waals surface area contributed by atoms with Crippen molar-refractivity contribution in [1.29, 1.82) is 0 Å². The van der Waals surface area contributed by atoms with E-state index >= 15 is 0 Å². The van der Waals surface area contributed by atoms with Crippen molar-refractivity contribution >= 4 is 0 Å². The number of nitrogens with zero attached hydrogens (tertiary/aromatic N) is 1. The highest BCUT2D eigenvalue weighted by molar-refractivity contribution is 5.35. The highest BCUT2D eigenvalue weighted by Gasteiger charge is 2.06. The van der Waals surface area contributed by atoms with E-state index in [9.17, 15) is 5.11 Å². The van der Waals surface area contributed by atoms with E-state index in [0.29, 0.717) is 12.3 Å². The second kappa shape index (κ2) is 5.65. The van der Waals surface area contributed by atoms with Crippen LogP contribution in [0.15, 0.2) is 42.7 Å². The lowest BCUT2D eigenvalue weighted by Crippen LogP contribution is -2.18. The minimum atomic E-state index is 0.230. The molecule has 1 atom stereocenters. The summed E-state index contributed by atoms with van der Waals surface area (Å²) in [5.41, 5.74) is 3.27. The van der Waals surface area contributed by atoms with Crippen molar-refractivity contribution < 1.29 is 5.11 Å². The lowest BCUT2D eigenvalue weighted by Gasteiger charge is -2.15. The molecule has 1 aromatic carbocycles. The Hall–Kier alpha value is -1.87. The van der Waals surface area contributed by atoms with Gasteiger partial charge in [-0.2, -0.15) is 0 Å². The zero-order valence-electron chi connectivity index (χ0n) is 10.7. The van der Waals surface area contributed by atoms with Gasteiger partial charge in [-0.3, -0.25) is 4.98 Å². The van der Waals surface area contributed by atoms with E-state index in [1.807, 2.05) is 31.2 Å². The number of nitrogens with one attached hydrogen (secondary N) is 1. The van der Waals surface area contributed by atoms with Crippen LogP contribution >= 0.6 is 0 Å². The fourth-order valence-corrected chi connectivity index (χ4v) is 1.89. The van der Waals surface area contributed by atoms with Gasteiger partial charge in [0.25, 0.3) is 0 Å². The third-order valence-corrected chi connectivity index (χ3v) is 3.04. The molecule has 0 radical (unpaired) electrons. The first kappa shape index (κ1) is 12.6. The fraction of sp³-hybridized carbons (Fsp3) is 0.267. The zero-order chi connectivity index (χ0) is 13.0. The third kappa shape index (κ3) is 3.08. The molecule has 3 heteroatoms. The van der Waals surface area contributed by atoms with Crippen molar-refractivity contribution in [3.05, 3.63) is 59.4 Å². The van der Waals surface area contributed by atoms with Gasteiger partial charge in [0, 0.05) is 30.5 Å². The lowest BCUT2D eigenvalue weighted by molar-refractivity contribution is 0.460. The van der Waals surface area contributed by atoms with E-state index in [1.165, 1.54) is 5.56 Å². The van der Waals surface area contributed by atoms with Crippen LogP contribution in [0.2, 0.25) is 0 Å². The summed E-state index contributed by atoms with van der Waals surface area (Å²) in [4.78, 5) is 4.00. The molecule has 0 bridgehead atoms. The number of rotatable bonds is 4. The SMILES string of the molecule is Cc1ccc(O)c(CN[C@H](C)c2ccncc2)c1. The standard InChI is InChI=1S/C15H18N2O/c1-11-3-4-15(18)14(9-11)10-17-12(2)13-5-7-16-8-6-13/h3-9,12,17-18H,10H2,1-2H3/t12-/m1/s1.